The molecule has 4 N–H and O–H groups in total. The molecule has 0 atom stereocenters. The quantitative estimate of drug-likeness (QED) is 0.351. The molecule has 0 saturated carbocycles. The smallest absolute Gasteiger partial charge is 0.335 e. The Hall–Kier alpha value is -1.88. The summed E-state index contributed by atoms with van der Waals surface area (Å²) in [5.74, 6) is 3.95. The van der Waals surface area contributed by atoms with Gasteiger partial charge in [0.15, 0.2) is 0 Å². The summed E-state index contributed by atoms with van der Waals surface area (Å²) in [5.41, 5.74) is 2.99. The Morgan fingerprint density at radius 1 is 1.62 bits per heavy atom. The van der Waals surface area contributed by atoms with E-state index in [4.69, 9.17) is 10.9 Å². The minimum atomic E-state index is -0.962. The Bertz CT molecular complexity index is 336. The van der Waals surface area contributed by atoms with Crippen molar-refractivity contribution in [3.8, 4) is 0 Å². The number of hydrazone groups is 1. The summed E-state index contributed by atoms with van der Waals surface area (Å²) in [4.78, 5) is 10.5. The maximum atomic E-state index is 10.5. The van der Waals surface area contributed by atoms with Crippen LogP contribution in [0.1, 0.15) is 15.9 Å². The molecule has 0 fully saturated rings. The predicted octanol–water partition coefficient (Wildman–Crippen LogP) is 0.182. The molecule has 0 amide bonds. The van der Waals surface area contributed by atoms with E-state index in [0.717, 1.165) is 0 Å². The van der Waals surface area contributed by atoms with Crippen LogP contribution >= 0.6 is 0 Å². The number of benzene rings is 1. The third-order valence-electron chi connectivity index (χ3n) is 1.42. The van der Waals surface area contributed by atoms with Crippen molar-refractivity contribution >= 4 is 12.2 Å². The van der Waals surface area contributed by atoms with E-state index in [2.05, 4.69) is 10.6 Å². The SMILES string of the molecule is NNN=Cc1cccc(C(=O)O)c1. The fourth-order valence-corrected chi connectivity index (χ4v) is 0.864. The molecule has 0 unspecified atom stereocenters. The first-order valence-electron chi connectivity index (χ1n) is 3.56. The van der Waals surface area contributed by atoms with Crippen LogP contribution in [-0.2, 0) is 0 Å². The number of rotatable bonds is 3. The second-order valence-corrected chi connectivity index (χ2v) is 2.32. The lowest BCUT2D eigenvalue weighted by molar-refractivity contribution is 0.0697. The van der Waals surface area contributed by atoms with Crippen molar-refractivity contribution in [3.05, 3.63) is 35.4 Å². The van der Waals surface area contributed by atoms with Crippen molar-refractivity contribution in [2.45, 2.75) is 0 Å². The number of hydrogen-bond donors (Lipinski definition) is 3. The minimum absolute atomic E-state index is 0.223. The molecule has 0 aliphatic rings. The molecule has 0 aliphatic carbocycles. The van der Waals surface area contributed by atoms with E-state index in [1.54, 1.807) is 12.1 Å². The van der Waals surface area contributed by atoms with Crippen molar-refractivity contribution in [2.75, 3.05) is 0 Å². The lowest BCUT2D eigenvalue weighted by Gasteiger charge is -1.95. The van der Waals surface area contributed by atoms with E-state index >= 15 is 0 Å². The van der Waals surface area contributed by atoms with Gasteiger partial charge in [-0.2, -0.15) is 5.10 Å². The average Bonchev–Trinajstić information content (AvgIpc) is 2.15. The lowest BCUT2D eigenvalue weighted by atomic mass is 10.1. The highest BCUT2D eigenvalue weighted by Crippen LogP contribution is 2.02. The Morgan fingerprint density at radius 3 is 3.00 bits per heavy atom. The third kappa shape index (κ3) is 2.57. The van der Waals surface area contributed by atoms with Crippen molar-refractivity contribution in [1.29, 1.82) is 0 Å². The number of carboxylic acids is 1. The van der Waals surface area contributed by atoms with Crippen LogP contribution in [-0.4, -0.2) is 17.3 Å². The van der Waals surface area contributed by atoms with Gasteiger partial charge in [0.05, 0.1) is 11.8 Å². The van der Waals surface area contributed by atoms with Gasteiger partial charge >= 0.3 is 5.97 Å². The van der Waals surface area contributed by atoms with Crippen LogP contribution in [0.4, 0.5) is 0 Å². The van der Waals surface area contributed by atoms with Crippen LogP contribution < -0.4 is 11.4 Å². The van der Waals surface area contributed by atoms with Crippen LogP contribution in [0.2, 0.25) is 0 Å². The number of carboxylic acid groups (broad SMARTS) is 1. The standard InChI is InChI=1S/C8H9N3O2/c9-11-10-5-6-2-1-3-7(4-6)8(12)13/h1-5,11H,9H2,(H,12,13). The number of hydrazine groups is 1. The van der Waals surface area contributed by atoms with Gasteiger partial charge in [0.2, 0.25) is 0 Å². The first kappa shape index (κ1) is 9.21. The maximum absolute atomic E-state index is 10.5. The topological polar surface area (TPSA) is 87.7 Å². The molecule has 0 heterocycles. The van der Waals surface area contributed by atoms with Crippen molar-refractivity contribution in [2.24, 2.45) is 10.9 Å². The Kier molecular flexibility index (Phi) is 2.99. The molecule has 0 aliphatic heterocycles. The van der Waals surface area contributed by atoms with Gasteiger partial charge in [-0.15, -0.1) is 0 Å². The number of nitrogens with two attached hydrogens (primary N) is 1. The van der Waals surface area contributed by atoms with E-state index in [9.17, 15) is 4.79 Å². The summed E-state index contributed by atoms with van der Waals surface area (Å²) in [6.45, 7) is 0. The zero-order valence-electron chi connectivity index (χ0n) is 6.77. The van der Waals surface area contributed by atoms with Crippen molar-refractivity contribution < 1.29 is 9.90 Å². The molecular formula is C8H9N3O2. The molecule has 1 rings (SSSR count). The van der Waals surface area contributed by atoms with Gasteiger partial charge in [0, 0.05) is 0 Å². The highest BCUT2D eigenvalue weighted by molar-refractivity contribution is 5.90. The second-order valence-electron chi connectivity index (χ2n) is 2.32. The van der Waals surface area contributed by atoms with Crippen LogP contribution in [0.3, 0.4) is 0 Å². The van der Waals surface area contributed by atoms with Gasteiger partial charge in [-0.3, -0.25) is 0 Å². The van der Waals surface area contributed by atoms with Gasteiger partial charge in [0.1, 0.15) is 0 Å². The fraction of sp³-hybridized carbons (Fsp3) is 0. The minimum Gasteiger partial charge on any atom is -0.478 e. The zero-order valence-corrected chi connectivity index (χ0v) is 6.77. The highest BCUT2D eigenvalue weighted by Gasteiger charge is 2.00. The largest absolute Gasteiger partial charge is 0.478 e. The summed E-state index contributed by atoms with van der Waals surface area (Å²) in [6, 6.07) is 6.38. The zero-order chi connectivity index (χ0) is 9.68. The maximum Gasteiger partial charge on any atom is 0.335 e. The summed E-state index contributed by atoms with van der Waals surface area (Å²) in [6.07, 6.45) is 1.44. The predicted molar refractivity (Wildman–Crippen MR) is 48.3 cm³/mol. The number of nitrogens with zero attached hydrogens (tertiary/aromatic N) is 1. The molecule has 0 bridgehead atoms. The van der Waals surface area contributed by atoms with E-state index in [1.165, 1.54) is 18.3 Å². The number of hydrogen-bond acceptors (Lipinski definition) is 4. The monoisotopic (exact) mass is 179 g/mol. The molecule has 0 aromatic heterocycles. The van der Waals surface area contributed by atoms with Gasteiger partial charge in [0.25, 0.3) is 0 Å². The second kappa shape index (κ2) is 4.22. The van der Waals surface area contributed by atoms with Gasteiger partial charge in [-0.05, 0) is 17.7 Å². The van der Waals surface area contributed by atoms with Crippen LogP contribution in [0, 0.1) is 0 Å². The van der Waals surface area contributed by atoms with Crippen LogP contribution in [0.25, 0.3) is 0 Å². The van der Waals surface area contributed by atoms with Crippen LogP contribution in [0.5, 0.6) is 0 Å². The Morgan fingerprint density at radius 2 is 2.38 bits per heavy atom. The third-order valence-corrected chi connectivity index (χ3v) is 1.42. The first-order chi connectivity index (χ1) is 6.24. The lowest BCUT2D eigenvalue weighted by Crippen LogP contribution is -2.13. The van der Waals surface area contributed by atoms with Crippen LogP contribution in [0.15, 0.2) is 29.4 Å². The summed E-state index contributed by atoms with van der Waals surface area (Å²) in [5, 5.41) is 12.2. The summed E-state index contributed by atoms with van der Waals surface area (Å²) >= 11 is 0. The summed E-state index contributed by atoms with van der Waals surface area (Å²) in [7, 11) is 0. The van der Waals surface area contributed by atoms with Gasteiger partial charge in [-0.25, -0.2) is 16.2 Å². The normalized spacial score (nSPS) is 10.2. The van der Waals surface area contributed by atoms with E-state index < -0.39 is 5.97 Å². The number of carbonyl (C=O) groups is 1. The molecule has 13 heavy (non-hydrogen) atoms. The molecule has 5 nitrogen and oxygen atoms in total. The molecule has 0 spiro atoms. The number of nitrogens with one attached hydrogen (secondary N) is 1. The van der Waals surface area contributed by atoms with Crippen molar-refractivity contribution in [3.63, 3.8) is 0 Å². The van der Waals surface area contributed by atoms with E-state index in [1.807, 2.05) is 0 Å². The molecular weight excluding hydrogens is 170 g/mol. The van der Waals surface area contributed by atoms with E-state index in [-0.39, 0.29) is 5.56 Å². The first-order valence-corrected chi connectivity index (χ1v) is 3.56. The summed E-state index contributed by atoms with van der Waals surface area (Å²) < 4.78 is 0. The average molecular weight is 179 g/mol. The number of aromatic carboxylic acids is 1. The fourth-order valence-electron chi connectivity index (χ4n) is 0.864. The highest BCUT2D eigenvalue weighted by atomic mass is 16.4. The van der Waals surface area contributed by atoms with E-state index in [0.29, 0.717) is 5.56 Å². The van der Waals surface area contributed by atoms with Crippen molar-refractivity contribution in [1.82, 2.24) is 5.53 Å². The molecule has 0 saturated heterocycles. The molecule has 0 radical (unpaired) electrons. The molecule has 1 aromatic rings. The molecule has 68 valence electrons. The van der Waals surface area contributed by atoms with Gasteiger partial charge < -0.3 is 5.11 Å². The Labute approximate surface area is 74.8 Å². The van der Waals surface area contributed by atoms with Gasteiger partial charge in [-0.1, -0.05) is 12.1 Å². The molecule has 5 heteroatoms. The molecule has 1 aromatic carbocycles. The Balaban J connectivity index is 2.92.